The van der Waals surface area contributed by atoms with Gasteiger partial charge < -0.3 is 0 Å². The molecule has 46 valence electrons. The van der Waals surface area contributed by atoms with E-state index in [0.717, 1.165) is 0 Å². The van der Waals surface area contributed by atoms with Crippen LogP contribution in [0.1, 0.15) is 13.3 Å². The highest BCUT2D eigenvalue weighted by molar-refractivity contribution is 5.54. The summed E-state index contributed by atoms with van der Waals surface area (Å²) in [6.45, 7) is 1.72. The molecule has 0 aliphatic heterocycles. The second-order valence-corrected chi connectivity index (χ2v) is 1.41. The van der Waals surface area contributed by atoms with Gasteiger partial charge in [-0.3, -0.25) is 4.99 Å². The maximum atomic E-state index is 8.27. The van der Waals surface area contributed by atoms with Gasteiger partial charge in [0.05, 0.1) is 18.6 Å². The lowest BCUT2D eigenvalue weighted by molar-refractivity contribution is 0.861. The Balaban J connectivity index is 3.76. The first-order valence-corrected chi connectivity index (χ1v) is 2.59. The molecule has 0 N–H and O–H groups in total. The minimum atomic E-state index is -0.472. The van der Waals surface area contributed by atoms with Crippen LogP contribution in [0.3, 0.4) is 0 Å². The van der Waals surface area contributed by atoms with Crippen LogP contribution in [0.25, 0.3) is 0 Å². The molecule has 1 unspecified atom stereocenters. The van der Waals surface area contributed by atoms with Crippen molar-refractivity contribution in [1.29, 1.82) is 10.5 Å². The number of hydrogen-bond donors (Lipinski definition) is 0. The second-order valence-electron chi connectivity index (χ2n) is 1.41. The molecule has 0 radical (unpaired) electrons. The van der Waals surface area contributed by atoms with E-state index in [1.54, 1.807) is 6.92 Å². The molecule has 1 atom stereocenters. The van der Waals surface area contributed by atoms with Crippen LogP contribution in [-0.2, 0) is 0 Å². The lowest BCUT2D eigenvalue weighted by Crippen LogP contribution is -1.97. The largest absolute Gasteiger partial charge is 0.278 e. The monoisotopic (exact) mass is 121 g/mol. The van der Waals surface area contributed by atoms with E-state index in [0.29, 0.717) is 0 Å². The standard InChI is InChI=1S/C6H7N3/c1-2-9-6(5-8)3-4-7/h2,6H,3H2,1H3. The van der Waals surface area contributed by atoms with Crippen molar-refractivity contribution in [3.8, 4) is 12.1 Å². The van der Waals surface area contributed by atoms with Crippen molar-refractivity contribution < 1.29 is 0 Å². The van der Waals surface area contributed by atoms with Gasteiger partial charge in [-0.2, -0.15) is 10.5 Å². The first kappa shape index (κ1) is 7.65. The molecule has 0 aromatic rings. The third-order valence-electron chi connectivity index (χ3n) is 0.763. The highest BCUT2D eigenvalue weighted by atomic mass is 14.8. The molecule has 0 spiro atoms. The lowest BCUT2D eigenvalue weighted by Gasteiger charge is -1.90. The van der Waals surface area contributed by atoms with Gasteiger partial charge in [0.25, 0.3) is 0 Å². The Morgan fingerprint density at radius 3 is 2.67 bits per heavy atom. The molecule has 0 amide bonds. The molecule has 3 heteroatoms. The van der Waals surface area contributed by atoms with E-state index < -0.39 is 6.04 Å². The van der Waals surface area contributed by atoms with Crippen molar-refractivity contribution >= 4 is 6.21 Å². The maximum absolute atomic E-state index is 8.27. The molecule has 0 rings (SSSR count). The molecular formula is C6H7N3. The van der Waals surface area contributed by atoms with Gasteiger partial charge in [0.15, 0.2) is 0 Å². The minimum absolute atomic E-state index is 0.181. The van der Waals surface area contributed by atoms with E-state index in [-0.39, 0.29) is 6.42 Å². The van der Waals surface area contributed by atoms with Crippen LogP contribution in [-0.4, -0.2) is 12.3 Å². The number of rotatable bonds is 2. The molecule has 0 aromatic heterocycles. The van der Waals surface area contributed by atoms with Gasteiger partial charge in [-0.1, -0.05) is 0 Å². The summed E-state index contributed by atoms with van der Waals surface area (Å²) >= 11 is 0. The van der Waals surface area contributed by atoms with Crippen LogP contribution in [0, 0.1) is 22.7 Å². The highest BCUT2D eigenvalue weighted by Crippen LogP contribution is 1.92. The topological polar surface area (TPSA) is 59.9 Å². The molecule has 0 heterocycles. The smallest absolute Gasteiger partial charge is 0.149 e. The van der Waals surface area contributed by atoms with Gasteiger partial charge in [0.2, 0.25) is 0 Å². The van der Waals surface area contributed by atoms with E-state index in [9.17, 15) is 0 Å². The zero-order valence-corrected chi connectivity index (χ0v) is 5.20. The van der Waals surface area contributed by atoms with Gasteiger partial charge in [-0.25, -0.2) is 0 Å². The van der Waals surface area contributed by atoms with E-state index >= 15 is 0 Å². The van der Waals surface area contributed by atoms with Crippen LogP contribution >= 0.6 is 0 Å². The number of aliphatic imine (C=N–C) groups is 1. The van der Waals surface area contributed by atoms with Crippen molar-refractivity contribution in [2.24, 2.45) is 4.99 Å². The van der Waals surface area contributed by atoms with E-state index in [2.05, 4.69) is 4.99 Å². The fourth-order valence-electron chi connectivity index (χ4n) is 0.398. The molecule has 0 aromatic carbocycles. The molecule has 0 saturated heterocycles. The van der Waals surface area contributed by atoms with Gasteiger partial charge in [-0.05, 0) is 13.1 Å². The van der Waals surface area contributed by atoms with E-state index in [1.807, 2.05) is 12.1 Å². The predicted octanol–water partition coefficient (Wildman–Crippen LogP) is 0.883. The summed E-state index contributed by atoms with van der Waals surface area (Å²) in [5.41, 5.74) is 0. The summed E-state index contributed by atoms with van der Waals surface area (Å²) in [5, 5.41) is 16.4. The summed E-state index contributed by atoms with van der Waals surface area (Å²) in [6, 6.07) is 3.28. The fraction of sp³-hybridized carbons (Fsp3) is 0.500. The van der Waals surface area contributed by atoms with Crippen LogP contribution < -0.4 is 0 Å². The zero-order valence-electron chi connectivity index (χ0n) is 5.20. The predicted molar refractivity (Wildman–Crippen MR) is 33.8 cm³/mol. The molecule has 0 saturated carbocycles. The van der Waals surface area contributed by atoms with Gasteiger partial charge in [0, 0.05) is 0 Å². The SMILES string of the molecule is CC=NC(C#N)CC#N. The Morgan fingerprint density at radius 2 is 2.33 bits per heavy atom. The zero-order chi connectivity index (χ0) is 7.11. The van der Waals surface area contributed by atoms with Crippen molar-refractivity contribution in [2.75, 3.05) is 0 Å². The molecule has 0 aliphatic rings. The molecule has 0 fully saturated rings. The van der Waals surface area contributed by atoms with E-state index in [1.165, 1.54) is 6.21 Å². The minimum Gasteiger partial charge on any atom is -0.278 e. The number of nitrogens with zero attached hydrogens (tertiary/aromatic N) is 3. The van der Waals surface area contributed by atoms with Crippen LogP contribution in [0.15, 0.2) is 4.99 Å². The van der Waals surface area contributed by atoms with Crippen LogP contribution in [0.4, 0.5) is 0 Å². The van der Waals surface area contributed by atoms with Crippen molar-refractivity contribution in [3.63, 3.8) is 0 Å². The molecule has 0 aliphatic carbocycles. The summed E-state index contributed by atoms with van der Waals surface area (Å²) in [4.78, 5) is 3.72. The maximum Gasteiger partial charge on any atom is 0.149 e. The Kier molecular flexibility index (Phi) is 4.08. The number of nitriles is 2. The van der Waals surface area contributed by atoms with Crippen LogP contribution in [0.5, 0.6) is 0 Å². The van der Waals surface area contributed by atoms with Crippen LogP contribution in [0.2, 0.25) is 0 Å². The average molecular weight is 121 g/mol. The van der Waals surface area contributed by atoms with Gasteiger partial charge in [0.1, 0.15) is 6.04 Å². The Bertz CT molecular complexity index is 170. The van der Waals surface area contributed by atoms with Crippen molar-refractivity contribution in [2.45, 2.75) is 19.4 Å². The van der Waals surface area contributed by atoms with Crippen molar-refractivity contribution in [3.05, 3.63) is 0 Å². The summed E-state index contributed by atoms with van der Waals surface area (Å²) in [7, 11) is 0. The Morgan fingerprint density at radius 1 is 1.67 bits per heavy atom. The normalized spacial score (nSPS) is 12.3. The summed E-state index contributed by atoms with van der Waals surface area (Å²) < 4.78 is 0. The molecule has 3 nitrogen and oxygen atoms in total. The first-order chi connectivity index (χ1) is 4.35. The third kappa shape index (κ3) is 3.25. The quantitative estimate of drug-likeness (QED) is 0.509. The number of hydrogen-bond acceptors (Lipinski definition) is 3. The van der Waals surface area contributed by atoms with Gasteiger partial charge in [-0.15, -0.1) is 0 Å². The highest BCUT2D eigenvalue weighted by Gasteiger charge is 1.99. The van der Waals surface area contributed by atoms with E-state index in [4.69, 9.17) is 10.5 Å². The molecule has 0 bridgehead atoms. The fourth-order valence-corrected chi connectivity index (χ4v) is 0.398. The third-order valence-corrected chi connectivity index (χ3v) is 0.763. The lowest BCUT2D eigenvalue weighted by atomic mass is 10.3. The molecular weight excluding hydrogens is 114 g/mol. The Hall–Kier alpha value is -1.35. The Labute approximate surface area is 54.2 Å². The average Bonchev–Trinajstić information content (AvgIpc) is 1.88. The van der Waals surface area contributed by atoms with Crippen molar-refractivity contribution in [1.82, 2.24) is 0 Å². The summed E-state index contributed by atoms with van der Waals surface area (Å²) in [5.74, 6) is 0. The second kappa shape index (κ2) is 4.80. The van der Waals surface area contributed by atoms with Gasteiger partial charge >= 0.3 is 0 Å². The molecule has 9 heavy (non-hydrogen) atoms. The first-order valence-electron chi connectivity index (χ1n) is 2.59. The summed E-state index contributed by atoms with van der Waals surface area (Å²) in [6.07, 6.45) is 1.71.